The molecule has 0 radical (unpaired) electrons. The SMILES string of the molecule is CCCCCCCCCCCCCC(=O)N(C(=O)CCCCCCCCCCCCC)c1c(C#N)c(-c2ccccc2)c(-c2ccccc2)n1Cc1ccccc1. The van der Waals surface area contributed by atoms with Crippen LogP contribution in [0.3, 0.4) is 0 Å². The average Bonchev–Trinajstić information content (AvgIpc) is 3.55. The standard InChI is InChI=1S/C52H71N3O2/c1-3-5-7-9-11-13-15-17-19-21-32-40-48(56)55(49(57)41-33-22-20-18-16-14-12-10-8-6-4-2)52-47(42-53)50(45-36-28-24-29-37-45)51(46-38-30-25-31-39-46)54(52)43-44-34-26-23-27-35-44/h23-31,34-39H,3-22,32-33,40-41,43H2,1-2H3. The molecule has 0 bridgehead atoms. The monoisotopic (exact) mass is 770 g/mol. The third kappa shape index (κ3) is 15.1. The van der Waals surface area contributed by atoms with Gasteiger partial charge in [-0.3, -0.25) is 9.59 Å². The van der Waals surface area contributed by atoms with E-state index in [1.807, 2.05) is 66.7 Å². The van der Waals surface area contributed by atoms with Crippen LogP contribution in [-0.4, -0.2) is 16.4 Å². The van der Waals surface area contributed by atoms with Crippen LogP contribution in [0.1, 0.15) is 179 Å². The van der Waals surface area contributed by atoms with E-state index in [1.54, 1.807) is 0 Å². The van der Waals surface area contributed by atoms with E-state index >= 15 is 0 Å². The molecule has 1 aromatic heterocycles. The van der Waals surface area contributed by atoms with E-state index in [0.29, 0.717) is 17.9 Å². The van der Waals surface area contributed by atoms with Crippen molar-refractivity contribution in [3.63, 3.8) is 0 Å². The van der Waals surface area contributed by atoms with Crippen molar-refractivity contribution in [1.82, 2.24) is 4.57 Å². The van der Waals surface area contributed by atoms with Gasteiger partial charge in [-0.1, -0.05) is 233 Å². The molecule has 0 N–H and O–H groups in total. The van der Waals surface area contributed by atoms with E-state index in [2.05, 4.69) is 48.7 Å². The molecule has 0 atom stereocenters. The van der Waals surface area contributed by atoms with Crippen molar-refractivity contribution in [3.8, 4) is 28.5 Å². The van der Waals surface area contributed by atoms with Gasteiger partial charge in [0.25, 0.3) is 0 Å². The maximum atomic E-state index is 14.6. The van der Waals surface area contributed by atoms with Crippen molar-refractivity contribution in [2.45, 2.75) is 174 Å². The van der Waals surface area contributed by atoms with Crippen LogP contribution in [-0.2, 0) is 16.1 Å². The molecule has 1 heterocycles. The average molecular weight is 770 g/mol. The Hall–Kier alpha value is -4.43. The zero-order chi connectivity index (χ0) is 40.3. The second kappa shape index (κ2) is 27.2. The molecule has 0 aliphatic heterocycles. The summed E-state index contributed by atoms with van der Waals surface area (Å²) in [7, 11) is 0. The molecular formula is C52H71N3O2. The summed E-state index contributed by atoms with van der Waals surface area (Å²) in [6.45, 7) is 4.93. The Bertz CT molecular complexity index is 1700. The highest BCUT2D eigenvalue weighted by Gasteiger charge is 2.34. The van der Waals surface area contributed by atoms with Gasteiger partial charge in [0.05, 0.1) is 5.69 Å². The van der Waals surface area contributed by atoms with E-state index in [9.17, 15) is 14.9 Å². The van der Waals surface area contributed by atoms with Crippen molar-refractivity contribution in [2.75, 3.05) is 4.90 Å². The number of hydrogen-bond donors (Lipinski definition) is 0. The van der Waals surface area contributed by atoms with Gasteiger partial charge in [-0.25, -0.2) is 4.90 Å². The highest BCUT2D eigenvalue weighted by Crippen LogP contribution is 2.44. The third-order valence-corrected chi connectivity index (χ3v) is 11.3. The topological polar surface area (TPSA) is 66.1 Å². The summed E-state index contributed by atoms with van der Waals surface area (Å²) in [5.41, 5.74) is 4.82. The molecule has 4 rings (SSSR count). The fourth-order valence-electron chi connectivity index (χ4n) is 8.13. The second-order valence-corrected chi connectivity index (χ2v) is 16.0. The van der Waals surface area contributed by atoms with Crippen LogP contribution < -0.4 is 4.90 Å². The minimum atomic E-state index is -0.207. The number of unbranched alkanes of at least 4 members (excludes halogenated alkanes) is 20. The lowest BCUT2D eigenvalue weighted by atomic mass is 9.97. The Morgan fingerprint density at radius 2 is 0.877 bits per heavy atom. The largest absolute Gasteiger partial charge is 0.321 e. The lowest BCUT2D eigenvalue weighted by molar-refractivity contribution is -0.126. The molecule has 2 amide bonds. The summed E-state index contributed by atoms with van der Waals surface area (Å²) in [6, 6.07) is 32.7. The van der Waals surface area contributed by atoms with Crippen molar-refractivity contribution < 1.29 is 9.59 Å². The van der Waals surface area contributed by atoms with E-state index in [-0.39, 0.29) is 24.7 Å². The Labute approximate surface area is 345 Å². The van der Waals surface area contributed by atoms with E-state index in [4.69, 9.17) is 0 Å². The summed E-state index contributed by atoms with van der Waals surface area (Å²) in [4.78, 5) is 30.6. The van der Waals surface area contributed by atoms with Crippen LogP contribution in [0, 0.1) is 11.3 Å². The molecule has 57 heavy (non-hydrogen) atoms. The minimum Gasteiger partial charge on any atom is -0.321 e. The number of carbonyl (C=O) groups excluding carboxylic acids is 2. The lowest BCUT2D eigenvalue weighted by Crippen LogP contribution is -2.39. The summed E-state index contributed by atoms with van der Waals surface area (Å²) >= 11 is 0. The molecule has 5 nitrogen and oxygen atoms in total. The smallest absolute Gasteiger partial charge is 0.234 e. The maximum absolute atomic E-state index is 14.6. The van der Waals surface area contributed by atoms with Gasteiger partial charge in [-0.05, 0) is 29.5 Å². The van der Waals surface area contributed by atoms with Gasteiger partial charge in [0.15, 0.2) is 0 Å². The number of benzene rings is 3. The zero-order valence-electron chi connectivity index (χ0n) is 35.5. The molecule has 0 spiro atoms. The van der Waals surface area contributed by atoms with Crippen molar-refractivity contribution in [2.24, 2.45) is 0 Å². The lowest BCUT2D eigenvalue weighted by Gasteiger charge is -2.24. The predicted molar refractivity (Wildman–Crippen MR) is 240 cm³/mol. The summed E-state index contributed by atoms with van der Waals surface area (Å²) in [5, 5.41) is 11.1. The van der Waals surface area contributed by atoms with Crippen LogP contribution >= 0.6 is 0 Å². The molecule has 0 fully saturated rings. The number of carbonyl (C=O) groups is 2. The van der Waals surface area contributed by atoms with Gasteiger partial charge < -0.3 is 4.57 Å². The van der Waals surface area contributed by atoms with Gasteiger partial charge in [-0.2, -0.15) is 5.26 Å². The fraction of sp³-hybridized carbons (Fsp3) is 0.519. The first-order valence-corrected chi connectivity index (χ1v) is 22.8. The molecule has 0 saturated carbocycles. The Kier molecular flexibility index (Phi) is 21.6. The van der Waals surface area contributed by atoms with Crippen LogP contribution in [0.4, 0.5) is 5.82 Å². The van der Waals surface area contributed by atoms with E-state index < -0.39 is 0 Å². The van der Waals surface area contributed by atoms with Gasteiger partial charge in [0, 0.05) is 24.9 Å². The van der Waals surface area contributed by atoms with E-state index in [1.165, 1.54) is 108 Å². The predicted octanol–water partition coefficient (Wildman–Crippen LogP) is 15.0. The Morgan fingerprint density at radius 1 is 0.509 bits per heavy atom. The normalized spacial score (nSPS) is 11.1. The highest BCUT2D eigenvalue weighted by molar-refractivity contribution is 6.16. The number of aromatic nitrogens is 1. The quantitative estimate of drug-likeness (QED) is 0.0517. The van der Waals surface area contributed by atoms with Crippen molar-refractivity contribution in [1.29, 1.82) is 5.26 Å². The first-order valence-electron chi connectivity index (χ1n) is 22.8. The number of imide groups is 1. The van der Waals surface area contributed by atoms with Gasteiger partial charge >= 0.3 is 0 Å². The number of amides is 2. The molecule has 0 aliphatic carbocycles. The number of anilines is 1. The number of rotatable bonds is 29. The van der Waals surface area contributed by atoms with Crippen LogP contribution in [0.15, 0.2) is 91.0 Å². The Balaban J connectivity index is 1.61. The number of hydrogen-bond acceptors (Lipinski definition) is 3. The maximum Gasteiger partial charge on any atom is 0.234 e. The van der Waals surface area contributed by atoms with Crippen LogP contribution in [0.25, 0.3) is 22.4 Å². The molecule has 4 aromatic rings. The van der Waals surface area contributed by atoms with Gasteiger partial charge in [0.1, 0.15) is 17.5 Å². The van der Waals surface area contributed by atoms with Crippen LogP contribution in [0.5, 0.6) is 0 Å². The summed E-state index contributed by atoms with van der Waals surface area (Å²) < 4.78 is 2.07. The van der Waals surface area contributed by atoms with Crippen LogP contribution in [0.2, 0.25) is 0 Å². The second-order valence-electron chi connectivity index (χ2n) is 16.0. The minimum absolute atomic E-state index is 0.207. The summed E-state index contributed by atoms with van der Waals surface area (Å²) in [5.74, 6) is -0.0109. The summed E-state index contributed by atoms with van der Waals surface area (Å²) in [6.07, 6.45) is 26.8. The first kappa shape index (κ1) is 45.3. The molecule has 0 saturated heterocycles. The first-order chi connectivity index (χ1) is 28.1. The van der Waals surface area contributed by atoms with Gasteiger partial charge in [-0.15, -0.1) is 0 Å². The molecule has 3 aromatic carbocycles. The Morgan fingerprint density at radius 3 is 1.28 bits per heavy atom. The fourth-order valence-corrected chi connectivity index (χ4v) is 8.13. The molecule has 0 aliphatic rings. The third-order valence-electron chi connectivity index (χ3n) is 11.3. The zero-order valence-corrected chi connectivity index (χ0v) is 35.5. The number of nitriles is 1. The van der Waals surface area contributed by atoms with E-state index in [0.717, 1.165) is 66.5 Å². The van der Waals surface area contributed by atoms with Gasteiger partial charge in [0.2, 0.25) is 11.8 Å². The molecule has 0 unspecified atom stereocenters. The van der Waals surface area contributed by atoms with Crippen molar-refractivity contribution >= 4 is 17.6 Å². The molecular weight excluding hydrogens is 699 g/mol. The number of nitrogens with zero attached hydrogens (tertiary/aromatic N) is 3. The molecule has 306 valence electrons. The highest BCUT2D eigenvalue weighted by atomic mass is 16.2. The molecule has 5 heteroatoms. The van der Waals surface area contributed by atoms with Crippen molar-refractivity contribution in [3.05, 3.63) is 102 Å².